The first-order chi connectivity index (χ1) is 11.0. The van der Waals surface area contributed by atoms with E-state index < -0.39 is 6.09 Å². The molecule has 0 saturated carbocycles. The minimum atomic E-state index is -0.765. The van der Waals surface area contributed by atoms with Gasteiger partial charge >= 0.3 is 6.09 Å². The third kappa shape index (κ3) is 3.59. The molecule has 0 atom stereocenters. The van der Waals surface area contributed by atoms with Crippen LogP contribution in [0.2, 0.25) is 15.1 Å². The van der Waals surface area contributed by atoms with E-state index in [9.17, 15) is 4.79 Å². The highest BCUT2D eigenvalue weighted by Crippen LogP contribution is 2.35. The highest BCUT2D eigenvalue weighted by molar-refractivity contribution is 6.48. The van der Waals surface area contributed by atoms with Gasteiger partial charge in [0.15, 0.2) is 5.82 Å². The van der Waals surface area contributed by atoms with Crippen molar-refractivity contribution < 1.29 is 9.53 Å². The number of carbonyl (C=O) groups is 1. The van der Waals surface area contributed by atoms with Crippen LogP contribution in [-0.4, -0.2) is 22.5 Å². The van der Waals surface area contributed by atoms with Crippen molar-refractivity contribution in [1.82, 2.24) is 9.78 Å². The quantitative estimate of drug-likeness (QED) is 0.636. The predicted molar refractivity (Wildman–Crippen MR) is 88.5 cm³/mol. The number of aromatic nitrogens is 2. The SMILES string of the molecule is C=CCOC(=O)Nc1c(C#N)cnn1-c1ccc(Cl)c(Cl)c1Cl. The first-order valence-corrected chi connectivity index (χ1v) is 7.29. The Morgan fingerprint density at radius 2 is 2.17 bits per heavy atom. The molecule has 1 amide bonds. The van der Waals surface area contributed by atoms with Gasteiger partial charge in [-0.2, -0.15) is 10.4 Å². The van der Waals surface area contributed by atoms with Gasteiger partial charge in [-0.3, -0.25) is 5.32 Å². The van der Waals surface area contributed by atoms with Gasteiger partial charge in [-0.25, -0.2) is 9.48 Å². The van der Waals surface area contributed by atoms with Crippen LogP contribution < -0.4 is 5.32 Å². The van der Waals surface area contributed by atoms with E-state index in [1.165, 1.54) is 23.0 Å². The molecular formula is C14H9Cl3N4O2. The molecule has 2 aromatic rings. The molecule has 0 unspecified atom stereocenters. The van der Waals surface area contributed by atoms with Crippen LogP contribution in [0.5, 0.6) is 0 Å². The number of carbonyl (C=O) groups excluding carboxylic acids is 1. The molecule has 0 aliphatic carbocycles. The number of nitrogens with zero attached hydrogens (tertiary/aromatic N) is 3. The maximum Gasteiger partial charge on any atom is 0.413 e. The number of nitrogens with one attached hydrogen (secondary N) is 1. The zero-order valence-corrected chi connectivity index (χ0v) is 13.8. The van der Waals surface area contributed by atoms with E-state index in [1.54, 1.807) is 6.07 Å². The zero-order valence-electron chi connectivity index (χ0n) is 11.5. The van der Waals surface area contributed by atoms with Gasteiger partial charge in [-0.05, 0) is 12.1 Å². The van der Waals surface area contributed by atoms with Crippen molar-refractivity contribution in [3.05, 3.63) is 51.6 Å². The summed E-state index contributed by atoms with van der Waals surface area (Å²) in [5.74, 6) is 0.0989. The second kappa shape index (κ2) is 7.38. The fourth-order valence-corrected chi connectivity index (χ4v) is 2.29. The molecule has 0 aliphatic heterocycles. The molecule has 0 aliphatic rings. The first-order valence-electron chi connectivity index (χ1n) is 6.16. The first kappa shape index (κ1) is 17.2. The van der Waals surface area contributed by atoms with E-state index in [2.05, 4.69) is 17.0 Å². The highest BCUT2D eigenvalue weighted by Gasteiger charge is 2.19. The van der Waals surface area contributed by atoms with Crippen molar-refractivity contribution in [2.45, 2.75) is 0 Å². The molecule has 0 fully saturated rings. The van der Waals surface area contributed by atoms with Gasteiger partial charge < -0.3 is 4.74 Å². The zero-order chi connectivity index (χ0) is 17.0. The molecule has 1 aromatic carbocycles. The van der Waals surface area contributed by atoms with E-state index in [4.69, 9.17) is 44.8 Å². The summed E-state index contributed by atoms with van der Waals surface area (Å²) >= 11 is 18.1. The Morgan fingerprint density at radius 1 is 1.43 bits per heavy atom. The molecule has 0 radical (unpaired) electrons. The number of rotatable bonds is 4. The molecule has 9 heteroatoms. The number of benzene rings is 1. The number of hydrogen-bond acceptors (Lipinski definition) is 4. The van der Waals surface area contributed by atoms with Crippen molar-refractivity contribution in [2.24, 2.45) is 0 Å². The molecule has 1 N–H and O–H groups in total. The lowest BCUT2D eigenvalue weighted by Crippen LogP contribution is -2.17. The van der Waals surface area contributed by atoms with Crippen molar-refractivity contribution in [2.75, 3.05) is 11.9 Å². The van der Waals surface area contributed by atoms with Crippen molar-refractivity contribution in [3.63, 3.8) is 0 Å². The monoisotopic (exact) mass is 370 g/mol. The molecule has 1 aromatic heterocycles. The maximum absolute atomic E-state index is 11.7. The second-order valence-electron chi connectivity index (χ2n) is 4.14. The maximum atomic E-state index is 11.7. The third-order valence-corrected chi connectivity index (χ3v) is 3.97. The summed E-state index contributed by atoms with van der Waals surface area (Å²) in [4.78, 5) is 11.7. The Labute approximate surface area is 146 Å². The largest absolute Gasteiger partial charge is 0.445 e. The summed E-state index contributed by atoms with van der Waals surface area (Å²) < 4.78 is 6.09. The summed E-state index contributed by atoms with van der Waals surface area (Å²) in [7, 11) is 0. The summed E-state index contributed by atoms with van der Waals surface area (Å²) in [5.41, 5.74) is 0.476. The predicted octanol–water partition coefficient (Wildman–Crippen LogP) is 4.44. The topological polar surface area (TPSA) is 79.9 Å². The summed E-state index contributed by atoms with van der Waals surface area (Å²) in [6.07, 6.45) is 1.93. The van der Waals surface area contributed by atoms with E-state index >= 15 is 0 Å². The molecular weight excluding hydrogens is 363 g/mol. The van der Waals surface area contributed by atoms with Gasteiger partial charge in [-0.15, -0.1) is 0 Å². The van der Waals surface area contributed by atoms with Crippen LogP contribution in [0.1, 0.15) is 5.56 Å². The van der Waals surface area contributed by atoms with E-state index in [0.29, 0.717) is 5.69 Å². The molecule has 0 spiro atoms. The van der Waals surface area contributed by atoms with Crippen molar-refractivity contribution in [3.8, 4) is 11.8 Å². The van der Waals surface area contributed by atoms with Gasteiger partial charge in [0.1, 0.15) is 18.2 Å². The van der Waals surface area contributed by atoms with Crippen LogP contribution in [0.3, 0.4) is 0 Å². The van der Waals surface area contributed by atoms with Gasteiger partial charge in [0.05, 0.1) is 27.0 Å². The molecule has 6 nitrogen and oxygen atoms in total. The van der Waals surface area contributed by atoms with Gasteiger partial charge in [-0.1, -0.05) is 47.5 Å². The number of anilines is 1. The third-order valence-electron chi connectivity index (χ3n) is 2.69. The van der Waals surface area contributed by atoms with Crippen molar-refractivity contribution >= 4 is 46.7 Å². The van der Waals surface area contributed by atoms with Gasteiger partial charge in [0.2, 0.25) is 0 Å². The summed E-state index contributed by atoms with van der Waals surface area (Å²) in [6.45, 7) is 3.46. The molecule has 118 valence electrons. The average molecular weight is 372 g/mol. The van der Waals surface area contributed by atoms with Crippen LogP contribution in [0.15, 0.2) is 31.0 Å². The summed E-state index contributed by atoms with van der Waals surface area (Å²) in [5, 5.41) is 16.2. The number of nitriles is 1. The van der Waals surface area contributed by atoms with Crippen LogP contribution in [-0.2, 0) is 4.74 Å². The molecule has 0 saturated heterocycles. The summed E-state index contributed by atoms with van der Waals surface area (Å²) in [6, 6.07) is 5.00. The molecule has 23 heavy (non-hydrogen) atoms. The normalized spacial score (nSPS) is 10.0. The number of ether oxygens (including phenoxy) is 1. The van der Waals surface area contributed by atoms with Gasteiger partial charge in [0.25, 0.3) is 0 Å². The fourth-order valence-electron chi connectivity index (χ4n) is 1.68. The van der Waals surface area contributed by atoms with Crippen LogP contribution >= 0.6 is 34.8 Å². The Balaban J connectivity index is 2.47. The Bertz CT molecular complexity index is 811. The van der Waals surface area contributed by atoms with Crippen LogP contribution in [0.4, 0.5) is 10.6 Å². The fraction of sp³-hybridized carbons (Fsp3) is 0.0714. The molecule has 1 heterocycles. The molecule has 0 bridgehead atoms. The Kier molecular flexibility index (Phi) is 5.50. The highest BCUT2D eigenvalue weighted by atomic mass is 35.5. The van der Waals surface area contributed by atoms with Crippen LogP contribution in [0, 0.1) is 11.3 Å². The lowest BCUT2D eigenvalue weighted by atomic mass is 10.3. The van der Waals surface area contributed by atoms with E-state index in [0.717, 1.165) is 0 Å². The molecule has 2 rings (SSSR count). The Morgan fingerprint density at radius 3 is 2.83 bits per heavy atom. The average Bonchev–Trinajstić information content (AvgIpc) is 2.93. The minimum absolute atomic E-state index is 0.0232. The van der Waals surface area contributed by atoms with Crippen LogP contribution in [0.25, 0.3) is 5.69 Å². The lowest BCUT2D eigenvalue weighted by Gasteiger charge is -2.12. The minimum Gasteiger partial charge on any atom is -0.445 e. The van der Waals surface area contributed by atoms with E-state index in [1.807, 2.05) is 6.07 Å². The number of hydrogen-bond donors (Lipinski definition) is 1. The Hall–Kier alpha value is -2.20. The standard InChI is InChI=1S/C14H9Cl3N4O2/c1-2-5-23-14(22)20-13-8(6-18)7-19-21(13)10-4-3-9(15)11(16)12(10)17/h2-4,7H,1,5H2,(H,20,22). The number of halogens is 3. The smallest absolute Gasteiger partial charge is 0.413 e. The number of amides is 1. The van der Waals surface area contributed by atoms with Crippen molar-refractivity contribution in [1.29, 1.82) is 5.26 Å². The second-order valence-corrected chi connectivity index (χ2v) is 5.30. The lowest BCUT2D eigenvalue weighted by molar-refractivity contribution is 0.174. The van der Waals surface area contributed by atoms with E-state index in [-0.39, 0.29) is 33.1 Å². The van der Waals surface area contributed by atoms with Gasteiger partial charge in [0, 0.05) is 0 Å².